The van der Waals surface area contributed by atoms with Crippen molar-refractivity contribution in [2.24, 2.45) is 4.99 Å². The SMILES string of the molecule is O=C(N=c1ccn(-c2ccccc2)nc1)OCc1ccccc1. The molecule has 5 heteroatoms. The van der Waals surface area contributed by atoms with Crippen LogP contribution in [-0.2, 0) is 11.3 Å². The Bertz CT molecular complexity index is 822. The predicted octanol–water partition coefficient (Wildman–Crippen LogP) is 3.11. The molecule has 1 amide bonds. The summed E-state index contributed by atoms with van der Waals surface area (Å²) in [6.07, 6.45) is 2.64. The van der Waals surface area contributed by atoms with Crippen LogP contribution in [0.3, 0.4) is 0 Å². The minimum absolute atomic E-state index is 0.202. The molecule has 0 N–H and O–H groups in total. The topological polar surface area (TPSA) is 56.5 Å². The summed E-state index contributed by atoms with van der Waals surface area (Å²) in [6, 6.07) is 20.9. The van der Waals surface area contributed by atoms with E-state index in [9.17, 15) is 4.79 Å². The van der Waals surface area contributed by atoms with E-state index in [4.69, 9.17) is 4.74 Å². The first-order valence-electron chi connectivity index (χ1n) is 7.17. The molecule has 3 rings (SSSR count). The van der Waals surface area contributed by atoms with Gasteiger partial charge in [-0.05, 0) is 23.8 Å². The summed E-state index contributed by atoms with van der Waals surface area (Å²) in [4.78, 5) is 15.6. The van der Waals surface area contributed by atoms with Crippen LogP contribution in [0.2, 0.25) is 0 Å². The third kappa shape index (κ3) is 4.14. The molecule has 0 bridgehead atoms. The summed E-state index contributed by atoms with van der Waals surface area (Å²) in [7, 11) is 0. The Hall–Kier alpha value is -3.21. The number of carbonyl (C=O) groups excluding carboxylic acids is 1. The average molecular weight is 305 g/mol. The van der Waals surface area contributed by atoms with Crippen molar-refractivity contribution in [1.29, 1.82) is 0 Å². The number of hydrogen-bond donors (Lipinski definition) is 0. The Kier molecular flexibility index (Phi) is 4.59. The van der Waals surface area contributed by atoms with Crippen LogP contribution in [0.5, 0.6) is 0 Å². The maximum Gasteiger partial charge on any atom is 0.434 e. The number of amides is 1. The van der Waals surface area contributed by atoms with E-state index in [1.165, 1.54) is 6.20 Å². The normalized spacial score (nSPS) is 11.2. The number of para-hydroxylation sites is 1. The van der Waals surface area contributed by atoms with Gasteiger partial charge in [0, 0.05) is 6.20 Å². The zero-order chi connectivity index (χ0) is 15.9. The minimum Gasteiger partial charge on any atom is -0.443 e. The van der Waals surface area contributed by atoms with Crippen molar-refractivity contribution in [2.45, 2.75) is 6.61 Å². The Morgan fingerprint density at radius 2 is 1.70 bits per heavy atom. The summed E-state index contributed by atoms with van der Waals surface area (Å²) in [5.74, 6) is 0. The first-order valence-corrected chi connectivity index (χ1v) is 7.17. The number of rotatable bonds is 3. The van der Waals surface area contributed by atoms with Gasteiger partial charge in [-0.1, -0.05) is 48.5 Å². The molecule has 2 aromatic carbocycles. The smallest absolute Gasteiger partial charge is 0.434 e. The Morgan fingerprint density at radius 1 is 1.00 bits per heavy atom. The predicted molar refractivity (Wildman–Crippen MR) is 85.8 cm³/mol. The molecule has 0 saturated carbocycles. The van der Waals surface area contributed by atoms with E-state index >= 15 is 0 Å². The van der Waals surface area contributed by atoms with E-state index in [-0.39, 0.29) is 6.61 Å². The fourth-order valence-corrected chi connectivity index (χ4v) is 2.01. The minimum atomic E-state index is -0.631. The molecular formula is C18H15N3O2. The lowest BCUT2D eigenvalue weighted by atomic mass is 10.2. The number of benzene rings is 2. The molecule has 23 heavy (non-hydrogen) atoms. The van der Waals surface area contributed by atoms with Crippen LogP contribution in [0.25, 0.3) is 5.69 Å². The van der Waals surface area contributed by atoms with Crippen molar-refractivity contribution in [3.8, 4) is 5.69 Å². The first kappa shape index (κ1) is 14.7. The summed E-state index contributed by atoms with van der Waals surface area (Å²) in [5, 5.41) is 4.69. The molecule has 0 aliphatic rings. The van der Waals surface area contributed by atoms with Crippen LogP contribution < -0.4 is 5.36 Å². The van der Waals surface area contributed by atoms with E-state index < -0.39 is 6.09 Å². The fraction of sp³-hybridized carbons (Fsp3) is 0.0556. The fourth-order valence-electron chi connectivity index (χ4n) is 2.01. The maximum atomic E-state index is 11.7. The van der Waals surface area contributed by atoms with Gasteiger partial charge in [0.1, 0.15) is 6.61 Å². The molecule has 1 aromatic heterocycles. The molecule has 0 aliphatic carbocycles. The third-order valence-corrected chi connectivity index (χ3v) is 3.15. The van der Waals surface area contributed by atoms with Crippen LogP contribution in [0, 0.1) is 0 Å². The van der Waals surface area contributed by atoms with Gasteiger partial charge in [-0.25, -0.2) is 9.48 Å². The molecular weight excluding hydrogens is 290 g/mol. The van der Waals surface area contributed by atoms with Gasteiger partial charge in [-0.15, -0.1) is 0 Å². The van der Waals surface area contributed by atoms with Gasteiger partial charge in [0.15, 0.2) is 0 Å². The second-order valence-corrected chi connectivity index (χ2v) is 4.82. The molecule has 5 nitrogen and oxygen atoms in total. The molecule has 0 aliphatic heterocycles. The molecule has 0 unspecified atom stereocenters. The Balaban J connectivity index is 1.66. The second-order valence-electron chi connectivity index (χ2n) is 4.82. The zero-order valence-electron chi connectivity index (χ0n) is 12.4. The lowest BCUT2D eigenvalue weighted by Crippen LogP contribution is -2.11. The van der Waals surface area contributed by atoms with Crippen molar-refractivity contribution in [1.82, 2.24) is 9.78 Å². The quantitative estimate of drug-likeness (QED) is 0.747. The van der Waals surface area contributed by atoms with Crippen molar-refractivity contribution in [2.75, 3.05) is 0 Å². The molecule has 0 atom stereocenters. The van der Waals surface area contributed by atoms with E-state index in [1.807, 2.05) is 60.7 Å². The van der Waals surface area contributed by atoms with Gasteiger partial charge in [-0.3, -0.25) is 0 Å². The highest BCUT2D eigenvalue weighted by molar-refractivity contribution is 5.68. The molecule has 0 radical (unpaired) electrons. The van der Waals surface area contributed by atoms with E-state index in [2.05, 4.69) is 10.1 Å². The number of carbonyl (C=O) groups is 1. The summed E-state index contributed by atoms with van der Waals surface area (Å²) in [5.41, 5.74) is 1.86. The van der Waals surface area contributed by atoms with Crippen molar-refractivity contribution in [3.63, 3.8) is 0 Å². The monoisotopic (exact) mass is 305 g/mol. The average Bonchev–Trinajstić information content (AvgIpc) is 2.62. The molecule has 0 fully saturated rings. The van der Waals surface area contributed by atoms with Gasteiger partial charge in [-0.2, -0.15) is 10.1 Å². The number of hydrogen-bond acceptors (Lipinski definition) is 3. The highest BCUT2D eigenvalue weighted by Crippen LogP contribution is 2.03. The van der Waals surface area contributed by atoms with Gasteiger partial charge in [0.05, 0.1) is 17.2 Å². The van der Waals surface area contributed by atoms with Crippen molar-refractivity contribution < 1.29 is 9.53 Å². The number of aromatic nitrogens is 2. The third-order valence-electron chi connectivity index (χ3n) is 3.15. The lowest BCUT2D eigenvalue weighted by molar-refractivity contribution is 0.150. The Labute approximate surface area is 133 Å². The van der Waals surface area contributed by atoms with Crippen LogP contribution in [-0.4, -0.2) is 15.9 Å². The van der Waals surface area contributed by atoms with E-state index in [0.29, 0.717) is 5.36 Å². The second kappa shape index (κ2) is 7.17. The van der Waals surface area contributed by atoms with Gasteiger partial charge in [0.2, 0.25) is 0 Å². The van der Waals surface area contributed by atoms with Gasteiger partial charge in [0.25, 0.3) is 0 Å². The standard InChI is InChI=1S/C18H15N3O2/c22-18(23-14-15-7-3-1-4-8-15)20-16-11-12-21(19-13-16)17-9-5-2-6-10-17/h1-13H,14H2. The molecule has 3 aromatic rings. The molecule has 1 heterocycles. The van der Waals surface area contributed by atoms with E-state index in [1.54, 1.807) is 16.9 Å². The van der Waals surface area contributed by atoms with E-state index in [0.717, 1.165) is 11.3 Å². The van der Waals surface area contributed by atoms with Crippen LogP contribution in [0.1, 0.15) is 5.56 Å². The Morgan fingerprint density at radius 3 is 2.35 bits per heavy atom. The number of ether oxygens (including phenoxy) is 1. The van der Waals surface area contributed by atoms with Crippen molar-refractivity contribution in [3.05, 3.63) is 90.0 Å². The molecule has 0 saturated heterocycles. The zero-order valence-corrected chi connectivity index (χ0v) is 12.4. The van der Waals surface area contributed by atoms with Crippen LogP contribution in [0.4, 0.5) is 4.79 Å². The lowest BCUT2D eigenvalue weighted by Gasteiger charge is -2.03. The molecule has 114 valence electrons. The van der Waals surface area contributed by atoms with Gasteiger partial charge < -0.3 is 4.74 Å². The maximum absolute atomic E-state index is 11.7. The van der Waals surface area contributed by atoms with Crippen LogP contribution >= 0.6 is 0 Å². The highest BCUT2D eigenvalue weighted by atomic mass is 16.5. The summed E-state index contributed by atoms with van der Waals surface area (Å²) >= 11 is 0. The number of nitrogens with zero attached hydrogens (tertiary/aromatic N) is 3. The largest absolute Gasteiger partial charge is 0.443 e. The van der Waals surface area contributed by atoms with Crippen molar-refractivity contribution >= 4 is 6.09 Å². The first-order chi connectivity index (χ1) is 11.3. The van der Waals surface area contributed by atoms with Crippen LogP contribution in [0.15, 0.2) is 84.1 Å². The summed E-state index contributed by atoms with van der Waals surface area (Å²) < 4.78 is 6.81. The molecule has 0 spiro atoms. The highest BCUT2D eigenvalue weighted by Gasteiger charge is 2.00. The summed E-state index contributed by atoms with van der Waals surface area (Å²) in [6.45, 7) is 0.202. The van der Waals surface area contributed by atoms with Gasteiger partial charge >= 0.3 is 6.09 Å².